The average molecular weight is 196 g/mol. The predicted molar refractivity (Wildman–Crippen MR) is 41.8 cm³/mol. The molecule has 0 aliphatic heterocycles. The van der Waals surface area contributed by atoms with Crippen LogP contribution in [-0.4, -0.2) is 31.3 Å². The maximum Gasteiger partial charge on any atom is 0.408 e. The zero-order valence-electron chi connectivity index (χ0n) is 6.80. The van der Waals surface area contributed by atoms with Gasteiger partial charge >= 0.3 is 12.1 Å². The van der Waals surface area contributed by atoms with Gasteiger partial charge in [0.1, 0.15) is 0 Å². The fourth-order valence-corrected chi connectivity index (χ4v) is 0.589. The summed E-state index contributed by atoms with van der Waals surface area (Å²) in [5.74, 6) is -0.704. The molecule has 0 spiro atoms. The number of hydrogen-bond acceptors (Lipinski definition) is 4. The standard InChI is InChI=1S/C6H10ClNO4/c1-3-12-5(9)4(7)8-6(10)11-2/h4H,3H2,1-2H3,(H,8,10). The van der Waals surface area contributed by atoms with Crippen molar-refractivity contribution in [2.45, 2.75) is 12.4 Å². The molecule has 1 atom stereocenters. The Morgan fingerprint density at radius 1 is 1.58 bits per heavy atom. The van der Waals surface area contributed by atoms with Gasteiger partial charge in [-0.05, 0) is 6.92 Å². The summed E-state index contributed by atoms with van der Waals surface area (Å²) in [6.07, 6.45) is -0.775. The molecule has 0 aromatic heterocycles. The summed E-state index contributed by atoms with van der Waals surface area (Å²) >= 11 is 5.40. The monoisotopic (exact) mass is 195 g/mol. The lowest BCUT2D eigenvalue weighted by Crippen LogP contribution is -2.37. The van der Waals surface area contributed by atoms with Gasteiger partial charge < -0.3 is 9.47 Å². The minimum absolute atomic E-state index is 0.213. The summed E-state index contributed by atoms with van der Waals surface area (Å²) in [6, 6.07) is 0. The smallest absolute Gasteiger partial charge is 0.408 e. The van der Waals surface area contributed by atoms with E-state index < -0.39 is 17.6 Å². The van der Waals surface area contributed by atoms with E-state index >= 15 is 0 Å². The van der Waals surface area contributed by atoms with Crippen LogP contribution in [0.25, 0.3) is 0 Å². The van der Waals surface area contributed by atoms with Gasteiger partial charge in [-0.25, -0.2) is 9.59 Å². The van der Waals surface area contributed by atoms with E-state index in [9.17, 15) is 9.59 Å². The number of hydrogen-bond donors (Lipinski definition) is 1. The van der Waals surface area contributed by atoms with E-state index in [1.54, 1.807) is 6.92 Å². The van der Waals surface area contributed by atoms with Crippen molar-refractivity contribution in [2.24, 2.45) is 0 Å². The third kappa shape index (κ3) is 4.02. The molecule has 0 aliphatic carbocycles. The molecular formula is C6H10ClNO4. The van der Waals surface area contributed by atoms with E-state index in [0.29, 0.717) is 0 Å². The van der Waals surface area contributed by atoms with Crippen molar-refractivity contribution in [1.29, 1.82) is 0 Å². The number of alkyl carbamates (subject to hydrolysis) is 1. The Morgan fingerprint density at radius 2 is 2.17 bits per heavy atom. The van der Waals surface area contributed by atoms with Crippen LogP contribution in [0.5, 0.6) is 0 Å². The molecule has 0 saturated carbocycles. The minimum atomic E-state index is -1.20. The highest BCUT2D eigenvalue weighted by atomic mass is 35.5. The molecule has 1 unspecified atom stereocenters. The van der Waals surface area contributed by atoms with Crippen molar-refractivity contribution >= 4 is 23.7 Å². The molecule has 0 saturated heterocycles. The van der Waals surface area contributed by atoms with E-state index in [1.165, 1.54) is 7.11 Å². The molecule has 0 heterocycles. The van der Waals surface area contributed by atoms with E-state index in [1.807, 2.05) is 5.32 Å². The largest absolute Gasteiger partial charge is 0.464 e. The number of rotatable bonds is 3. The number of carbonyl (C=O) groups excluding carboxylic acids is 2. The molecule has 0 aliphatic rings. The van der Waals surface area contributed by atoms with Crippen molar-refractivity contribution < 1.29 is 19.1 Å². The molecule has 1 amide bonds. The first-order valence-electron chi connectivity index (χ1n) is 3.27. The predicted octanol–water partition coefficient (Wildman–Crippen LogP) is 0.470. The first kappa shape index (κ1) is 11.0. The normalized spacial score (nSPS) is 11.6. The highest BCUT2D eigenvalue weighted by Gasteiger charge is 2.18. The maximum absolute atomic E-state index is 10.8. The van der Waals surface area contributed by atoms with Crippen LogP contribution in [0.3, 0.4) is 0 Å². The van der Waals surface area contributed by atoms with Gasteiger partial charge in [0, 0.05) is 0 Å². The lowest BCUT2D eigenvalue weighted by Gasteiger charge is -2.08. The molecule has 0 fully saturated rings. The molecular weight excluding hydrogens is 186 g/mol. The second-order valence-corrected chi connectivity index (χ2v) is 2.19. The summed E-state index contributed by atoms with van der Waals surface area (Å²) in [4.78, 5) is 21.3. The first-order valence-corrected chi connectivity index (χ1v) is 3.70. The minimum Gasteiger partial charge on any atom is -0.464 e. The van der Waals surface area contributed by atoms with Crippen LogP contribution in [-0.2, 0) is 14.3 Å². The van der Waals surface area contributed by atoms with E-state index in [0.717, 1.165) is 0 Å². The molecule has 0 rings (SSSR count). The zero-order chi connectivity index (χ0) is 9.56. The zero-order valence-corrected chi connectivity index (χ0v) is 7.55. The van der Waals surface area contributed by atoms with Gasteiger partial charge in [0.15, 0.2) is 0 Å². The van der Waals surface area contributed by atoms with Crippen LogP contribution < -0.4 is 5.32 Å². The quantitative estimate of drug-likeness (QED) is 0.404. The Labute approximate surface area is 75.0 Å². The van der Waals surface area contributed by atoms with Gasteiger partial charge in [0.05, 0.1) is 13.7 Å². The van der Waals surface area contributed by atoms with Gasteiger partial charge in [-0.3, -0.25) is 5.32 Å². The van der Waals surface area contributed by atoms with Crippen LogP contribution in [0, 0.1) is 0 Å². The maximum atomic E-state index is 10.8. The number of halogens is 1. The molecule has 70 valence electrons. The number of amides is 1. The molecule has 0 radical (unpaired) electrons. The van der Waals surface area contributed by atoms with E-state index in [2.05, 4.69) is 9.47 Å². The van der Waals surface area contributed by atoms with Gasteiger partial charge in [0.25, 0.3) is 0 Å². The van der Waals surface area contributed by atoms with Crippen LogP contribution >= 0.6 is 11.6 Å². The summed E-state index contributed by atoms with van der Waals surface area (Å²) in [5, 5.41) is 2.04. The van der Waals surface area contributed by atoms with E-state index in [-0.39, 0.29) is 6.61 Å². The fourth-order valence-electron chi connectivity index (χ4n) is 0.437. The average Bonchev–Trinajstić information content (AvgIpc) is 2.04. The lowest BCUT2D eigenvalue weighted by atomic mass is 10.6. The lowest BCUT2D eigenvalue weighted by molar-refractivity contribution is -0.143. The number of alkyl halides is 1. The third-order valence-corrected chi connectivity index (χ3v) is 1.21. The number of carbonyl (C=O) groups is 2. The molecule has 0 aromatic rings. The number of nitrogens with one attached hydrogen (secondary N) is 1. The summed E-state index contributed by atoms with van der Waals surface area (Å²) in [6.45, 7) is 1.85. The second kappa shape index (κ2) is 5.65. The van der Waals surface area contributed by atoms with Gasteiger partial charge in [-0.15, -0.1) is 0 Å². The SMILES string of the molecule is CCOC(=O)C(Cl)NC(=O)OC. The van der Waals surface area contributed by atoms with Crippen molar-refractivity contribution in [1.82, 2.24) is 5.32 Å². The van der Waals surface area contributed by atoms with Gasteiger partial charge in [-0.2, -0.15) is 0 Å². The number of methoxy groups -OCH3 is 1. The molecule has 0 aromatic carbocycles. The Kier molecular flexibility index (Phi) is 5.19. The van der Waals surface area contributed by atoms with Crippen molar-refractivity contribution in [3.05, 3.63) is 0 Å². The molecule has 12 heavy (non-hydrogen) atoms. The molecule has 1 N–H and O–H groups in total. The summed E-state index contributed by atoms with van der Waals surface area (Å²) in [7, 11) is 1.17. The van der Waals surface area contributed by atoms with Crippen LogP contribution in [0.1, 0.15) is 6.92 Å². The fraction of sp³-hybridized carbons (Fsp3) is 0.667. The highest BCUT2D eigenvalue weighted by Crippen LogP contribution is 1.95. The van der Waals surface area contributed by atoms with Gasteiger partial charge in [0.2, 0.25) is 5.50 Å². The summed E-state index contributed by atoms with van der Waals surface area (Å²) in [5.41, 5.74) is -1.20. The Morgan fingerprint density at radius 3 is 2.58 bits per heavy atom. The molecule has 0 bridgehead atoms. The summed E-state index contributed by atoms with van der Waals surface area (Å²) < 4.78 is 8.71. The van der Waals surface area contributed by atoms with E-state index in [4.69, 9.17) is 11.6 Å². The van der Waals surface area contributed by atoms with Crippen LogP contribution in [0.4, 0.5) is 4.79 Å². The van der Waals surface area contributed by atoms with Crippen LogP contribution in [0.15, 0.2) is 0 Å². The second-order valence-electron chi connectivity index (χ2n) is 1.75. The Balaban J connectivity index is 3.78. The topological polar surface area (TPSA) is 64.6 Å². The Bertz CT molecular complexity index is 173. The molecule has 6 heteroatoms. The molecule has 5 nitrogen and oxygen atoms in total. The van der Waals surface area contributed by atoms with Crippen molar-refractivity contribution in [3.63, 3.8) is 0 Å². The highest BCUT2D eigenvalue weighted by molar-refractivity contribution is 6.30. The van der Waals surface area contributed by atoms with Crippen molar-refractivity contribution in [3.8, 4) is 0 Å². The third-order valence-electron chi connectivity index (χ3n) is 0.924. The van der Waals surface area contributed by atoms with Gasteiger partial charge in [-0.1, -0.05) is 11.6 Å². The van der Waals surface area contributed by atoms with Crippen LogP contribution in [0.2, 0.25) is 0 Å². The van der Waals surface area contributed by atoms with Crippen molar-refractivity contribution in [2.75, 3.05) is 13.7 Å². The first-order chi connectivity index (χ1) is 5.61. The number of esters is 1. The Hall–Kier alpha value is -0.970. The number of ether oxygens (including phenoxy) is 2.